The van der Waals surface area contributed by atoms with E-state index in [0.29, 0.717) is 5.92 Å². The Morgan fingerprint density at radius 3 is 2.25 bits per heavy atom. The Balaban J connectivity index is 1.56. The van der Waals surface area contributed by atoms with Crippen LogP contribution in [0.5, 0.6) is 0 Å². The van der Waals surface area contributed by atoms with E-state index >= 15 is 0 Å². The van der Waals surface area contributed by atoms with Crippen LogP contribution in [-0.2, 0) is 4.79 Å². The van der Waals surface area contributed by atoms with Crippen LogP contribution in [0.25, 0.3) is 0 Å². The van der Waals surface area contributed by atoms with Crippen LogP contribution in [0.15, 0.2) is 12.4 Å². The van der Waals surface area contributed by atoms with Gasteiger partial charge < -0.3 is 9.80 Å². The summed E-state index contributed by atoms with van der Waals surface area (Å²) in [6, 6.07) is 0. The molecule has 2 fully saturated rings. The molecular formula is C19H30N4O. The summed E-state index contributed by atoms with van der Waals surface area (Å²) in [6.45, 7) is 10.1. The zero-order chi connectivity index (χ0) is 17.1. The minimum atomic E-state index is 0.0906. The fourth-order valence-corrected chi connectivity index (χ4v) is 3.70. The standard InChI is InChI=1S/C19H30N4O/c1-14(2)19(24)23-10-6-16(7-11-23)17-12-21-18(13-20-17)22-8-4-15(3)5-9-22/h12-16H,4-11H2,1-3H3. The summed E-state index contributed by atoms with van der Waals surface area (Å²) in [5.74, 6) is 2.64. The highest BCUT2D eigenvalue weighted by Gasteiger charge is 2.26. The SMILES string of the molecule is CC1CCN(c2cnc(C3CCN(C(=O)C(C)C)CC3)cn2)CC1. The normalized spacial score (nSPS) is 20.7. The van der Waals surface area contributed by atoms with Crippen LogP contribution in [0.1, 0.15) is 58.1 Å². The highest BCUT2D eigenvalue weighted by Crippen LogP contribution is 2.28. The number of carbonyl (C=O) groups excluding carboxylic acids is 1. The molecule has 132 valence electrons. The second-order valence-corrected chi connectivity index (χ2v) is 7.72. The van der Waals surface area contributed by atoms with E-state index in [1.807, 2.05) is 31.1 Å². The van der Waals surface area contributed by atoms with E-state index in [-0.39, 0.29) is 11.8 Å². The van der Waals surface area contributed by atoms with Gasteiger partial charge in [0.15, 0.2) is 0 Å². The summed E-state index contributed by atoms with van der Waals surface area (Å²) in [4.78, 5) is 25.8. The van der Waals surface area contributed by atoms with E-state index in [4.69, 9.17) is 4.98 Å². The Labute approximate surface area is 145 Å². The summed E-state index contributed by atoms with van der Waals surface area (Å²) in [6.07, 6.45) is 8.37. The summed E-state index contributed by atoms with van der Waals surface area (Å²) in [5.41, 5.74) is 1.08. The number of anilines is 1. The van der Waals surface area contributed by atoms with Gasteiger partial charge in [-0.3, -0.25) is 9.78 Å². The van der Waals surface area contributed by atoms with Crippen molar-refractivity contribution in [2.24, 2.45) is 11.8 Å². The number of aromatic nitrogens is 2. The molecule has 3 heterocycles. The molecule has 0 aromatic carbocycles. The molecule has 0 unspecified atom stereocenters. The molecule has 0 spiro atoms. The van der Waals surface area contributed by atoms with Crippen molar-refractivity contribution in [2.75, 3.05) is 31.1 Å². The quantitative estimate of drug-likeness (QED) is 0.854. The molecule has 1 amide bonds. The Morgan fingerprint density at radius 2 is 1.71 bits per heavy atom. The Bertz CT molecular complexity index is 541. The minimum Gasteiger partial charge on any atom is -0.355 e. The van der Waals surface area contributed by atoms with E-state index in [0.717, 1.165) is 56.5 Å². The third-order valence-electron chi connectivity index (χ3n) is 5.48. The maximum absolute atomic E-state index is 12.1. The number of likely N-dealkylation sites (tertiary alicyclic amines) is 1. The lowest BCUT2D eigenvalue weighted by Gasteiger charge is -2.33. The molecule has 2 aliphatic rings. The minimum absolute atomic E-state index is 0.0906. The van der Waals surface area contributed by atoms with Crippen molar-refractivity contribution < 1.29 is 4.79 Å². The molecule has 0 N–H and O–H groups in total. The van der Waals surface area contributed by atoms with Gasteiger partial charge in [0.25, 0.3) is 0 Å². The first kappa shape index (κ1) is 17.2. The molecule has 1 aromatic rings. The average Bonchev–Trinajstić information content (AvgIpc) is 2.62. The first-order valence-electron chi connectivity index (χ1n) is 9.40. The van der Waals surface area contributed by atoms with Gasteiger partial charge in [0.1, 0.15) is 5.82 Å². The lowest BCUT2D eigenvalue weighted by Crippen LogP contribution is -2.40. The van der Waals surface area contributed by atoms with E-state index in [1.54, 1.807) is 0 Å². The summed E-state index contributed by atoms with van der Waals surface area (Å²) >= 11 is 0. The van der Waals surface area contributed by atoms with Gasteiger partial charge in [0.2, 0.25) is 5.91 Å². The van der Waals surface area contributed by atoms with E-state index < -0.39 is 0 Å². The van der Waals surface area contributed by atoms with Gasteiger partial charge in [-0.1, -0.05) is 20.8 Å². The monoisotopic (exact) mass is 330 g/mol. The Hall–Kier alpha value is -1.65. The summed E-state index contributed by atoms with van der Waals surface area (Å²) in [5, 5.41) is 0. The zero-order valence-electron chi connectivity index (χ0n) is 15.2. The molecule has 0 saturated carbocycles. The van der Waals surface area contributed by atoms with Gasteiger partial charge in [0.05, 0.1) is 18.1 Å². The third-order valence-corrected chi connectivity index (χ3v) is 5.48. The number of piperidine rings is 2. The molecule has 0 aliphatic carbocycles. The molecule has 0 bridgehead atoms. The number of hydrogen-bond donors (Lipinski definition) is 0. The first-order chi connectivity index (χ1) is 11.5. The Morgan fingerprint density at radius 1 is 1.04 bits per heavy atom. The molecule has 5 heteroatoms. The Kier molecular flexibility index (Phi) is 5.36. The molecule has 0 radical (unpaired) electrons. The van der Waals surface area contributed by atoms with Crippen LogP contribution in [0.3, 0.4) is 0 Å². The largest absolute Gasteiger partial charge is 0.355 e. The molecule has 1 aromatic heterocycles. The number of amides is 1. The third kappa shape index (κ3) is 3.87. The van der Waals surface area contributed by atoms with Gasteiger partial charge >= 0.3 is 0 Å². The number of hydrogen-bond acceptors (Lipinski definition) is 4. The molecule has 5 nitrogen and oxygen atoms in total. The second kappa shape index (κ2) is 7.49. The van der Waals surface area contributed by atoms with Crippen LogP contribution in [0, 0.1) is 11.8 Å². The van der Waals surface area contributed by atoms with Gasteiger partial charge in [-0.2, -0.15) is 0 Å². The molecule has 0 atom stereocenters. The highest BCUT2D eigenvalue weighted by molar-refractivity contribution is 5.78. The average molecular weight is 330 g/mol. The molecule has 24 heavy (non-hydrogen) atoms. The van der Waals surface area contributed by atoms with Gasteiger partial charge in [-0.05, 0) is 31.6 Å². The fraction of sp³-hybridized carbons (Fsp3) is 0.737. The highest BCUT2D eigenvalue weighted by atomic mass is 16.2. The van der Waals surface area contributed by atoms with E-state index in [1.165, 1.54) is 12.8 Å². The fourth-order valence-electron chi connectivity index (χ4n) is 3.70. The topological polar surface area (TPSA) is 49.3 Å². The maximum Gasteiger partial charge on any atom is 0.225 e. The molecule has 2 aliphatic heterocycles. The van der Waals surface area contributed by atoms with E-state index in [9.17, 15) is 4.79 Å². The predicted octanol–water partition coefficient (Wildman–Crippen LogP) is 3.07. The van der Waals surface area contributed by atoms with Crippen LogP contribution < -0.4 is 4.90 Å². The number of nitrogens with zero attached hydrogens (tertiary/aromatic N) is 4. The van der Waals surface area contributed by atoms with Crippen LogP contribution >= 0.6 is 0 Å². The maximum atomic E-state index is 12.1. The smallest absolute Gasteiger partial charge is 0.225 e. The van der Waals surface area contributed by atoms with Crippen molar-refractivity contribution in [3.8, 4) is 0 Å². The van der Waals surface area contributed by atoms with Gasteiger partial charge in [-0.25, -0.2) is 4.98 Å². The second-order valence-electron chi connectivity index (χ2n) is 7.72. The summed E-state index contributed by atoms with van der Waals surface area (Å²) in [7, 11) is 0. The molecular weight excluding hydrogens is 300 g/mol. The predicted molar refractivity (Wildman–Crippen MR) is 96.0 cm³/mol. The van der Waals surface area contributed by atoms with Crippen LogP contribution in [0.4, 0.5) is 5.82 Å². The molecule has 2 saturated heterocycles. The zero-order valence-corrected chi connectivity index (χ0v) is 15.2. The lowest BCUT2D eigenvalue weighted by molar-refractivity contribution is -0.135. The van der Waals surface area contributed by atoms with Gasteiger partial charge in [-0.15, -0.1) is 0 Å². The number of rotatable bonds is 3. The van der Waals surface area contributed by atoms with Crippen LogP contribution in [0.2, 0.25) is 0 Å². The lowest BCUT2D eigenvalue weighted by atomic mass is 9.93. The van der Waals surface area contributed by atoms with Crippen molar-refractivity contribution in [2.45, 2.75) is 52.4 Å². The van der Waals surface area contributed by atoms with Crippen molar-refractivity contribution in [3.05, 3.63) is 18.1 Å². The molecule has 3 rings (SSSR count). The van der Waals surface area contributed by atoms with Crippen molar-refractivity contribution in [1.29, 1.82) is 0 Å². The van der Waals surface area contributed by atoms with Crippen molar-refractivity contribution in [1.82, 2.24) is 14.9 Å². The van der Waals surface area contributed by atoms with Crippen molar-refractivity contribution in [3.63, 3.8) is 0 Å². The van der Waals surface area contributed by atoms with Gasteiger partial charge in [0, 0.05) is 38.0 Å². The number of carbonyl (C=O) groups is 1. The first-order valence-corrected chi connectivity index (χ1v) is 9.40. The summed E-state index contributed by atoms with van der Waals surface area (Å²) < 4.78 is 0. The van der Waals surface area contributed by atoms with E-state index in [2.05, 4.69) is 16.8 Å². The van der Waals surface area contributed by atoms with Crippen molar-refractivity contribution >= 4 is 11.7 Å². The van der Waals surface area contributed by atoms with Crippen LogP contribution in [-0.4, -0.2) is 47.0 Å².